The maximum absolute atomic E-state index is 14.8. The molecule has 0 bridgehead atoms. The first-order valence-corrected chi connectivity index (χ1v) is 52.2. The Bertz CT molecular complexity index is 6180. The number of hydrazine groups is 1. The number of carbonyl (C=O) groups is 13. The Morgan fingerprint density at radius 2 is 1.44 bits per heavy atom. The minimum absolute atomic E-state index is 0.0361. The molecule has 11 rings (SSSR count). The molecule has 16 N–H and O–H groups in total. The van der Waals surface area contributed by atoms with Crippen molar-refractivity contribution in [1.82, 2.24) is 72.5 Å². The molecule has 147 heavy (non-hydrogen) atoms. The Balaban J connectivity index is 0.571. The summed E-state index contributed by atoms with van der Waals surface area (Å²) in [5, 5.41) is 81.8. The van der Waals surface area contributed by atoms with Crippen LogP contribution < -0.4 is 64.1 Å². The summed E-state index contributed by atoms with van der Waals surface area (Å²) in [6.07, 6.45) is 1.88. The molecule has 5 heterocycles. The fraction of sp³-hybridized carbons (Fsp3) is 0.446. The van der Waals surface area contributed by atoms with Gasteiger partial charge < -0.3 is 106 Å². The molecule has 1 saturated heterocycles. The van der Waals surface area contributed by atoms with Crippen LogP contribution in [0.5, 0.6) is 11.5 Å². The number of rotatable bonds is 54. The normalized spacial score (nSPS) is 14.3. The van der Waals surface area contributed by atoms with E-state index in [0.29, 0.717) is 106 Å². The first-order valence-electron chi connectivity index (χ1n) is 48.4. The second-order valence-corrected chi connectivity index (χ2v) is 39.7. The van der Waals surface area contributed by atoms with Crippen LogP contribution in [0.25, 0.3) is 55.9 Å². The van der Waals surface area contributed by atoms with Crippen LogP contribution in [0.3, 0.4) is 0 Å². The number of aliphatic carboxylic acids is 2. The molecule has 1 aliphatic carbocycles. The number of nitrogens with two attached hydrogens (primary N) is 1. The number of anilines is 2. The van der Waals surface area contributed by atoms with Gasteiger partial charge in [-0.1, -0.05) is 129 Å². The molecular weight excluding hydrogens is 1980 g/mol. The minimum Gasteiger partial charge on any atom is -0.508 e. The zero-order chi connectivity index (χ0) is 106. The lowest BCUT2D eigenvalue weighted by atomic mass is 9.90. The number of phenols is 2. The predicted molar refractivity (Wildman–Crippen MR) is 554 cm³/mol. The third-order valence-electron chi connectivity index (χ3n) is 24.8. The Morgan fingerprint density at radius 3 is 2.17 bits per heavy atom. The predicted octanol–water partition coefficient (Wildman–Crippen LogP) is 8.92. The summed E-state index contributed by atoms with van der Waals surface area (Å²) in [6, 6.07) is 25.9. The second kappa shape index (κ2) is 56.3. The fourth-order valence-corrected chi connectivity index (χ4v) is 19.8. The van der Waals surface area contributed by atoms with E-state index >= 15 is 0 Å². The summed E-state index contributed by atoms with van der Waals surface area (Å²) < 4.78 is 36.0. The molecule has 5 aromatic carbocycles. The van der Waals surface area contributed by atoms with Crippen LogP contribution in [0.1, 0.15) is 148 Å². The number of fused-ring (bicyclic) bond motifs is 7. The second-order valence-electron chi connectivity index (χ2n) is 35.7. The summed E-state index contributed by atoms with van der Waals surface area (Å²) >= 11 is 6.74. The number of esters is 1. The Kier molecular flexibility index (Phi) is 43.5. The third kappa shape index (κ3) is 32.9. The number of likely N-dealkylation sites (N-methyl/N-ethyl adjacent to an activating group) is 1. The molecule has 0 saturated carbocycles. The summed E-state index contributed by atoms with van der Waals surface area (Å²) in [5.41, 5.74) is 17.6. The number of nitrogens with one attached hydrogen (secondary N) is 9. The minimum atomic E-state index is -1.84. The van der Waals surface area contributed by atoms with Gasteiger partial charge in [0.1, 0.15) is 65.0 Å². The number of aromatic hydroxyl groups is 2. The number of aromatic carboxylic acids is 1. The average Bonchev–Trinajstić information content (AvgIpc) is 0.885. The standard InChI is InChI=1S/C101H125N17O25S4/c1-8-16-87(126)142-57-117(97(132)89(59(5)9-2)110-96(131)80-21-14-15-37-115(80)7)78(58(3)4)30-32-84-107-76(55-145-84)94(129)103-35-34-61(47-63-48-65(119)24-22-60(63)6)92(127)112-113-101(137)141-45-46-146-147-56-77(99(135)136)109-95(130)75(52-86(124)125)108-93(128)74(102)53-105-83(122)31-33-85(123)116-54-62-17-10-11-18-68(62)91-90(70-19-12-13-20-79(70)116)111-114-118(91)38-40-139-42-44-140-43-41-138-39-36-104-100(144)106-64-23-27-69(73(49-64)98(133)134)88-71-28-25-66(120)50-81(71)143-82-51-67(121)26-29-72(82)88/h10-13,17-20,22-29,48-51,55,58-59,61,74-75,77-78,80,89,119-120H,8-9,14-16,21,30-47,52-54,56-57,102H2,1-7H3,(H,103,129)(H,105,122)(H,108,128)(H,109,130)(H,110,131)(H,112,127)(H,113,137)(H,124,125)(H,133,134)(H,135,136)(H2,104,106,144)/t59?,61-,74+,75+,77+,78-,80-,89+/m1/s1. The van der Waals surface area contributed by atoms with E-state index in [9.17, 15) is 92.7 Å². The molecule has 0 radical (unpaired) electrons. The van der Waals surface area contributed by atoms with Gasteiger partial charge in [-0.25, -0.2) is 29.5 Å². The Morgan fingerprint density at radius 1 is 0.714 bits per heavy atom. The number of ether oxygens (including phenoxy) is 5. The molecule has 3 aliphatic heterocycles. The Hall–Kier alpha value is -13.7. The van der Waals surface area contributed by atoms with E-state index < -0.39 is 115 Å². The number of aryl methyl sites for hydroxylation is 2. The topological polar surface area (TPSA) is 587 Å². The molecule has 42 nitrogen and oxygen atoms in total. The van der Waals surface area contributed by atoms with Crippen molar-refractivity contribution in [3.05, 3.63) is 170 Å². The smallest absolute Gasteiger partial charge is 0.426 e. The molecule has 1 unspecified atom stereocenters. The van der Waals surface area contributed by atoms with Crippen molar-refractivity contribution in [2.75, 3.05) is 108 Å². The zero-order valence-electron chi connectivity index (χ0n) is 82.6. The first kappa shape index (κ1) is 114. The summed E-state index contributed by atoms with van der Waals surface area (Å²) in [7, 11) is 3.87. The number of para-hydroxylation sites is 1. The van der Waals surface area contributed by atoms with Crippen LogP contribution >= 0.6 is 45.1 Å². The lowest BCUT2D eigenvalue weighted by Gasteiger charge is -2.39. The van der Waals surface area contributed by atoms with E-state index in [1.807, 2.05) is 70.8 Å². The highest BCUT2D eigenvalue weighted by atomic mass is 33.1. The van der Waals surface area contributed by atoms with E-state index in [0.717, 1.165) is 57.7 Å². The highest BCUT2D eigenvalue weighted by molar-refractivity contribution is 8.76. The van der Waals surface area contributed by atoms with E-state index in [1.165, 1.54) is 53.8 Å². The maximum atomic E-state index is 14.8. The van der Waals surface area contributed by atoms with Crippen LogP contribution in [0.2, 0.25) is 0 Å². The molecule has 4 aliphatic rings. The van der Waals surface area contributed by atoms with Crippen molar-refractivity contribution in [3.8, 4) is 56.5 Å². The number of thiazole rings is 1. The van der Waals surface area contributed by atoms with Crippen molar-refractivity contribution in [2.45, 2.75) is 174 Å². The van der Waals surface area contributed by atoms with Crippen LogP contribution in [-0.2, 0) is 97.6 Å². The lowest BCUT2D eigenvalue weighted by Crippen LogP contribution is -2.59. The number of hydrogen-bond acceptors (Lipinski definition) is 31. The van der Waals surface area contributed by atoms with Gasteiger partial charge in [0.2, 0.25) is 41.4 Å². The zero-order valence-corrected chi connectivity index (χ0v) is 85.8. The number of carbonyl (C=O) groups excluding carboxylic acids is 10. The van der Waals surface area contributed by atoms with Gasteiger partial charge in [-0.15, -0.1) is 16.4 Å². The van der Waals surface area contributed by atoms with Gasteiger partial charge >= 0.3 is 30.0 Å². The van der Waals surface area contributed by atoms with Gasteiger partial charge in [0.05, 0.1) is 87.1 Å². The fourth-order valence-electron chi connectivity index (χ4n) is 16.8. The van der Waals surface area contributed by atoms with Crippen LogP contribution in [0.15, 0.2) is 136 Å². The van der Waals surface area contributed by atoms with Gasteiger partial charge in [0.25, 0.3) is 5.91 Å². The van der Waals surface area contributed by atoms with E-state index in [4.69, 9.17) is 46.1 Å². The summed E-state index contributed by atoms with van der Waals surface area (Å²) in [5.74, 6) is -11.4. The van der Waals surface area contributed by atoms with E-state index in [1.54, 1.807) is 81.4 Å². The molecule has 2 aromatic heterocycles. The number of likely N-dealkylation sites (tertiary alicyclic amines) is 1. The van der Waals surface area contributed by atoms with Crippen molar-refractivity contribution >= 4 is 150 Å². The van der Waals surface area contributed by atoms with Crippen LogP contribution in [0, 0.1) is 24.7 Å². The highest BCUT2D eigenvalue weighted by Gasteiger charge is 2.40. The number of carboxylic acids is 3. The largest absolute Gasteiger partial charge is 0.508 e. The number of carboxylic acid groups (broad SMARTS) is 3. The van der Waals surface area contributed by atoms with Gasteiger partial charge in [-0.3, -0.25) is 63.1 Å². The summed E-state index contributed by atoms with van der Waals surface area (Å²) in [6.45, 7) is 13.2. The van der Waals surface area contributed by atoms with Crippen molar-refractivity contribution in [3.63, 3.8) is 0 Å². The van der Waals surface area contributed by atoms with E-state index in [-0.39, 0.29) is 184 Å². The molecule has 9 amide bonds. The highest BCUT2D eigenvalue weighted by Crippen LogP contribution is 2.45. The number of piperidine rings is 1. The molecule has 46 heteroatoms. The van der Waals surface area contributed by atoms with E-state index in [2.05, 4.69) is 63.4 Å². The van der Waals surface area contributed by atoms with Crippen LogP contribution in [0.4, 0.5) is 16.2 Å². The monoisotopic (exact) mass is 2100 g/mol. The molecule has 788 valence electrons. The molecule has 8 atom stereocenters. The molecular formula is C101H125N17O25S4. The van der Waals surface area contributed by atoms with Gasteiger partial charge in [-0.2, -0.15) is 0 Å². The molecule has 1 fully saturated rings. The maximum Gasteiger partial charge on any atom is 0.426 e. The average molecular weight is 2110 g/mol. The quantitative estimate of drug-likeness (QED) is 0.00321. The number of thiocarbonyl (C=S) groups is 1. The summed E-state index contributed by atoms with van der Waals surface area (Å²) in [4.78, 5) is 196. The number of amides is 9. The van der Waals surface area contributed by atoms with Gasteiger partial charge in [-0.05, 0) is 160 Å². The van der Waals surface area contributed by atoms with Gasteiger partial charge in [0.15, 0.2) is 17.3 Å². The number of benzene rings is 6. The Labute approximate surface area is 865 Å². The SMILES string of the molecule is CCCC(=O)OCN(C(=O)[C@@H](NC(=O)[C@H]1CCCCN1C)C(C)CC)[C@H](CCc1nc(C(=O)NCC[C@H](Cc2cc(O)ccc2C)C(=O)NNC(=O)OCCSSC[C@H](NC(=O)[C@H](CC(=O)O)NC(=O)[C@@H](N)CNC(=O)CCC(=O)N2Cc3ccccc3-c3c(nnn3CCOCCOCCOCCNC(=S)Nc3ccc(-c4c5ccc(=O)cc-5oc5cc(O)ccc45)c(C(=O)O)c3)-c3ccccc32)C(=O)O)cs1)C(C)C. The molecule has 7 aromatic rings. The number of nitrogens with zero attached hydrogens (tertiary/aromatic N) is 7. The first-order chi connectivity index (χ1) is 70.6. The third-order valence-corrected chi connectivity index (χ3v) is 28.4. The lowest BCUT2D eigenvalue weighted by molar-refractivity contribution is -0.159. The molecule has 0 spiro atoms. The van der Waals surface area contributed by atoms with Crippen molar-refractivity contribution < 1.29 is 116 Å². The van der Waals surface area contributed by atoms with Gasteiger partial charge in [0, 0.05) is 120 Å². The number of hydrogen-bond donors (Lipinski definition) is 15. The van der Waals surface area contributed by atoms with Crippen molar-refractivity contribution in [2.24, 2.45) is 23.5 Å². The van der Waals surface area contributed by atoms with Crippen LogP contribution in [-0.4, -0.2) is 272 Å². The van der Waals surface area contributed by atoms with Crippen molar-refractivity contribution in [1.29, 1.82) is 0 Å². The number of phenolic OH excluding ortho intramolecular Hbond substituents is 2. The number of aromatic nitrogens is 4.